The fourth-order valence-electron chi connectivity index (χ4n) is 2.13. The zero-order valence-corrected chi connectivity index (χ0v) is 9.39. The lowest BCUT2D eigenvalue weighted by atomic mass is 9.90. The van der Waals surface area contributed by atoms with Crippen LogP contribution in [-0.2, 0) is 0 Å². The molecule has 86 valence electrons. The topological polar surface area (TPSA) is 59.4 Å². The lowest BCUT2D eigenvalue weighted by molar-refractivity contribution is 0.269. The SMILES string of the molecule is CC(N)C(CCO)c1coc2ccccc12. The van der Waals surface area contributed by atoms with Crippen LogP contribution < -0.4 is 5.73 Å². The van der Waals surface area contributed by atoms with E-state index in [2.05, 4.69) is 0 Å². The molecule has 0 aliphatic carbocycles. The fraction of sp³-hybridized carbons (Fsp3) is 0.385. The Morgan fingerprint density at radius 1 is 1.38 bits per heavy atom. The van der Waals surface area contributed by atoms with Crippen LogP contribution in [0, 0.1) is 0 Å². The summed E-state index contributed by atoms with van der Waals surface area (Å²) >= 11 is 0. The van der Waals surface area contributed by atoms with Gasteiger partial charge in [-0.05, 0) is 19.4 Å². The minimum atomic E-state index is 0.00755. The molecule has 0 bridgehead atoms. The second-order valence-corrected chi connectivity index (χ2v) is 4.17. The van der Waals surface area contributed by atoms with Gasteiger partial charge in [-0.2, -0.15) is 0 Å². The Bertz CT molecular complexity index is 462. The molecule has 0 saturated heterocycles. The quantitative estimate of drug-likeness (QED) is 0.829. The van der Waals surface area contributed by atoms with Crippen LogP contribution in [0.15, 0.2) is 34.9 Å². The summed E-state index contributed by atoms with van der Waals surface area (Å²) in [4.78, 5) is 0. The van der Waals surface area contributed by atoms with Crippen molar-refractivity contribution in [1.29, 1.82) is 0 Å². The Morgan fingerprint density at radius 3 is 2.81 bits per heavy atom. The number of hydrogen-bond donors (Lipinski definition) is 2. The first-order chi connectivity index (χ1) is 7.74. The van der Waals surface area contributed by atoms with Gasteiger partial charge < -0.3 is 15.3 Å². The van der Waals surface area contributed by atoms with Crippen molar-refractivity contribution < 1.29 is 9.52 Å². The highest BCUT2D eigenvalue weighted by atomic mass is 16.3. The molecule has 0 saturated carbocycles. The smallest absolute Gasteiger partial charge is 0.134 e. The van der Waals surface area contributed by atoms with Gasteiger partial charge in [-0.1, -0.05) is 18.2 Å². The average Bonchev–Trinajstić information content (AvgIpc) is 2.69. The highest BCUT2D eigenvalue weighted by molar-refractivity contribution is 5.81. The number of furan rings is 1. The van der Waals surface area contributed by atoms with E-state index >= 15 is 0 Å². The summed E-state index contributed by atoms with van der Waals surface area (Å²) in [6.45, 7) is 2.10. The van der Waals surface area contributed by atoms with Crippen LogP contribution in [0.2, 0.25) is 0 Å². The molecule has 3 N–H and O–H groups in total. The minimum absolute atomic E-state index is 0.00755. The zero-order chi connectivity index (χ0) is 11.5. The van der Waals surface area contributed by atoms with E-state index < -0.39 is 0 Å². The van der Waals surface area contributed by atoms with Crippen LogP contribution >= 0.6 is 0 Å². The lowest BCUT2D eigenvalue weighted by Crippen LogP contribution is -2.25. The van der Waals surface area contributed by atoms with E-state index in [-0.39, 0.29) is 18.6 Å². The van der Waals surface area contributed by atoms with Crippen molar-refractivity contribution in [2.75, 3.05) is 6.61 Å². The first-order valence-corrected chi connectivity index (χ1v) is 5.56. The first kappa shape index (κ1) is 11.2. The first-order valence-electron chi connectivity index (χ1n) is 5.56. The molecule has 1 aromatic carbocycles. The number of benzene rings is 1. The van der Waals surface area contributed by atoms with Gasteiger partial charge in [0.1, 0.15) is 5.58 Å². The predicted octanol–water partition coefficient (Wildman–Crippen LogP) is 2.25. The molecule has 2 unspecified atom stereocenters. The van der Waals surface area contributed by atoms with Crippen LogP contribution in [0.1, 0.15) is 24.8 Å². The molecule has 0 aliphatic heterocycles. The molecule has 2 rings (SSSR count). The van der Waals surface area contributed by atoms with Crippen molar-refractivity contribution >= 4 is 11.0 Å². The highest BCUT2D eigenvalue weighted by Crippen LogP contribution is 2.31. The number of fused-ring (bicyclic) bond motifs is 1. The van der Waals surface area contributed by atoms with Gasteiger partial charge >= 0.3 is 0 Å². The van der Waals surface area contributed by atoms with Crippen LogP contribution in [0.4, 0.5) is 0 Å². The van der Waals surface area contributed by atoms with Crippen LogP contribution in [0.5, 0.6) is 0 Å². The van der Waals surface area contributed by atoms with Gasteiger partial charge in [-0.25, -0.2) is 0 Å². The normalized spacial score (nSPS) is 15.2. The van der Waals surface area contributed by atoms with Crippen molar-refractivity contribution in [1.82, 2.24) is 0 Å². The van der Waals surface area contributed by atoms with Crippen molar-refractivity contribution in [3.63, 3.8) is 0 Å². The third-order valence-corrected chi connectivity index (χ3v) is 2.99. The Morgan fingerprint density at radius 2 is 2.12 bits per heavy atom. The van der Waals surface area contributed by atoms with Gasteiger partial charge in [0.25, 0.3) is 0 Å². The van der Waals surface area contributed by atoms with Gasteiger partial charge in [0.15, 0.2) is 0 Å². The maximum Gasteiger partial charge on any atom is 0.134 e. The van der Waals surface area contributed by atoms with Crippen LogP contribution in [0.25, 0.3) is 11.0 Å². The number of para-hydroxylation sites is 1. The zero-order valence-electron chi connectivity index (χ0n) is 9.39. The van der Waals surface area contributed by atoms with Gasteiger partial charge in [-0.15, -0.1) is 0 Å². The molecule has 1 heterocycles. The largest absolute Gasteiger partial charge is 0.464 e. The molecule has 0 amide bonds. The highest BCUT2D eigenvalue weighted by Gasteiger charge is 2.20. The van der Waals surface area contributed by atoms with Crippen LogP contribution in [-0.4, -0.2) is 17.8 Å². The number of rotatable bonds is 4. The van der Waals surface area contributed by atoms with Crippen molar-refractivity contribution in [2.24, 2.45) is 5.73 Å². The molecule has 16 heavy (non-hydrogen) atoms. The maximum absolute atomic E-state index is 9.07. The van der Waals surface area contributed by atoms with E-state index in [4.69, 9.17) is 15.3 Å². The molecule has 2 aromatic rings. The van der Waals surface area contributed by atoms with E-state index in [0.717, 1.165) is 16.5 Å². The molecule has 2 atom stereocenters. The van der Waals surface area contributed by atoms with Gasteiger partial charge in [0.05, 0.1) is 6.26 Å². The van der Waals surface area contributed by atoms with E-state index in [9.17, 15) is 0 Å². The third-order valence-electron chi connectivity index (χ3n) is 2.99. The molecular weight excluding hydrogens is 202 g/mol. The number of hydrogen-bond acceptors (Lipinski definition) is 3. The summed E-state index contributed by atoms with van der Waals surface area (Å²) in [5.41, 5.74) is 7.93. The number of aliphatic hydroxyl groups excluding tert-OH is 1. The Balaban J connectivity index is 2.44. The van der Waals surface area contributed by atoms with E-state index in [0.29, 0.717) is 6.42 Å². The Kier molecular flexibility index (Phi) is 3.27. The average molecular weight is 219 g/mol. The summed E-state index contributed by atoms with van der Waals surface area (Å²) in [5.74, 6) is 0.147. The summed E-state index contributed by atoms with van der Waals surface area (Å²) in [6.07, 6.45) is 2.43. The Hall–Kier alpha value is -1.32. The molecule has 0 spiro atoms. The van der Waals surface area contributed by atoms with Gasteiger partial charge in [-0.3, -0.25) is 0 Å². The molecule has 3 nitrogen and oxygen atoms in total. The predicted molar refractivity (Wildman–Crippen MR) is 64.3 cm³/mol. The van der Waals surface area contributed by atoms with Crippen LogP contribution in [0.3, 0.4) is 0 Å². The molecule has 0 radical (unpaired) electrons. The molecule has 1 aromatic heterocycles. The summed E-state index contributed by atoms with van der Waals surface area (Å²) in [7, 11) is 0. The fourth-order valence-corrected chi connectivity index (χ4v) is 2.13. The second-order valence-electron chi connectivity index (χ2n) is 4.17. The maximum atomic E-state index is 9.07. The summed E-state index contributed by atoms with van der Waals surface area (Å²) in [5, 5.41) is 10.2. The van der Waals surface area contributed by atoms with Gasteiger partial charge in [0, 0.05) is 29.5 Å². The summed E-state index contributed by atoms with van der Waals surface area (Å²) < 4.78 is 5.49. The standard InChI is InChI=1S/C13H17NO2/c1-9(14)10(6-7-15)12-8-16-13-5-3-2-4-11(12)13/h2-5,8-10,15H,6-7,14H2,1H3. The molecule has 0 aliphatic rings. The second kappa shape index (κ2) is 4.68. The van der Waals surface area contributed by atoms with E-state index in [1.165, 1.54) is 0 Å². The van der Waals surface area contributed by atoms with Gasteiger partial charge in [0.2, 0.25) is 0 Å². The molecule has 0 fully saturated rings. The number of aliphatic hydroxyl groups is 1. The minimum Gasteiger partial charge on any atom is -0.464 e. The lowest BCUT2D eigenvalue weighted by Gasteiger charge is -2.18. The van der Waals surface area contributed by atoms with Crippen molar-refractivity contribution in [2.45, 2.75) is 25.3 Å². The molecular formula is C13H17NO2. The van der Waals surface area contributed by atoms with E-state index in [1.807, 2.05) is 31.2 Å². The van der Waals surface area contributed by atoms with Crippen molar-refractivity contribution in [3.05, 3.63) is 36.1 Å². The summed E-state index contributed by atoms with van der Waals surface area (Å²) in [6, 6.07) is 7.91. The van der Waals surface area contributed by atoms with E-state index in [1.54, 1.807) is 6.26 Å². The van der Waals surface area contributed by atoms with Crippen molar-refractivity contribution in [3.8, 4) is 0 Å². The monoisotopic (exact) mass is 219 g/mol. The third kappa shape index (κ3) is 1.96. The molecule has 3 heteroatoms. The Labute approximate surface area is 94.9 Å². The number of nitrogens with two attached hydrogens (primary N) is 1.